The Balaban J connectivity index is 1.65. The Bertz CT molecular complexity index is 1060. The summed E-state index contributed by atoms with van der Waals surface area (Å²) in [6.07, 6.45) is 5.18. The Morgan fingerprint density at radius 3 is 2.64 bits per heavy atom. The van der Waals surface area contributed by atoms with E-state index in [1.54, 1.807) is 28.9 Å². The van der Waals surface area contributed by atoms with Crippen LogP contribution in [0.5, 0.6) is 0 Å². The van der Waals surface area contributed by atoms with Crippen molar-refractivity contribution in [1.29, 1.82) is 0 Å². The van der Waals surface area contributed by atoms with Crippen LogP contribution in [0.25, 0.3) is 16.9 Å². The molecule has 0 aliphatic heterocycles. The van der Waals surface area contributed by atoms with E-state index in [9.17, 15) is 9.18 Å². The van der Waals surface area contributed by atoms with Gasteiger partial charge in [-0.05, 0) is 36.4 Å². The third-order valence-corrected chi connectivity index (χ3v) is 3.77. The van der Waals surface area contributed by atoms with Gasteiger partial charge in [0.25, 0.3) is 5.91 Å². The van der Waals surface area contributed by atoms with Crippen LogP contribution < -0.4 is 5.32 Å². The van der Waals surface area contributed by atoms with Crippen LogP contribution in [-0.2, 0) is 0 Å². The summed E-state index contributed by atoms with van der Waals surface area (Å²) in [4.78, 5) is 20.9. The van der Waals surface area contributed by atoms with Crippen molar-refractivity contribution in [2.45, 2.75) is 0 Å². The van der Waals surface area contributed by atoms with Crippen LogP contribution in [0.3, 0.4) is 0 Å². The summed E-state index contributed by atoms with van der Waals surface area (Å²) in [6.45, 7) is 0. The number of imidazole rings is 1. The van der Waals surface area contributed by atoms with Gasteiger partial charge in [0, 0.05) is 24.2 Å². The van der Waals surface area contributed by atoms with Gasteiger partial charge in [0.1, 0.15) is 17.2 Å². The number of benzene rings is 1. The standard InChI is InChI=1S/C19H13FN4O/c20-14-5-1-2-7-16(14)23-19(25)17-12-24-11-13(8-9-18(24)22-17)15-6-3-4-10-21-15/h1-12H,(H,23,25). The third-order valence-electron chi connectivity index (χ3n) is 3.77. The van der Waals surface area contributed by atoms with Gasteiger partial charge in [0.15, 0.2) is 0 Å². The molecule has 122 valence electrons. The molecule has 0 atom stereocenters. The van der Waals surface area contributed by atoms with Gasteiger partial charge in [0.05, 0.1) is 11.4 Å². The smallest absolute Gasteiger partial charge is 0.275 e. The lowest BCUT2D eigenvalue weighted by molar-refractivity contribution is 0.102. The number of para-hydroxylation sites is 1. The number of nitrogens with one attached hydrogen (secondary N) is 1. The molecule has 0 aliphatic rings. The molecule has 25 heavy (non-hydrogen) atoms. The van der Waals surface area contributed by atoms with Crippen molar-refractivity contribution in [3.63, 3.8) is 0 Å². The van der Waals surface area contributed by atoms with E-state index in [1.165, 1.54) is 12.1 Å². The highest BCUT2D eigenvalue weighted by molar-refractivity contribution is 6.03. The largest absolute Gasteiger partial charge is 0.318 e. The van der Waals surface area contributed by atoms with Crippen LogP contribution >= 0.6 is 0 Å². The molecule has 3 aromatic heterocycles. The molecule has 4 aromatic rings. The monoisotopic (exact) mass is 332 g/mol. The van der Waals surface area contributed by atoms with Crippen molar-refractivity contribution in [2.75, 3.05) is 5.32 Å². The molecule has 0 aliphatic carbocycles. The number of hydrogen-bond donors (Lipinski definition) is 1. The number of amides is 1. The Morgan fingerprint density at radius 1 is 1.00 bits per heavy atom. The summed E-state index contributed by atoms with van der Waals surface area (Å²) < 4.78 is 15.4. The summed E-state index contributed by atoms with van der Waals surface area (Å²) >= 11 is 0. The average Bonchev–Trinajstić information content (AvgIpc) is 3.08. The summed E-state index contributed by atoms with van der Waals surface area (Å²) in [5.74, 6) is -0.953. The number of aromatic nitrogens is 3. The number of nitrogens with zero attached hydrogens (tertiary/aromatic N) is 3. The van der Waals surface area contributed by atoms with E-state index < -0.39 is 11.7 Å². The summed E-state index contributed by atoms with van der Waals surface area (Å²) in [7, 11) is 0. The molecule has 1 amide bonds. The van der Waals surface area contributed by atoms with Crippen LogP contribution in [0.1, 0.15) is 10.5 Å². The molecule has 4 rings (SSSR count). The molecular formula is C19H13FN4O. The lowest BCUT2D eigenvalue weighted by atomic mass is 10.2. The van der Waals surface area contributed by atoms with E-state index in [4.69, 9.17) is 0 Å². The molecule has 0 fully saturated rings. The van der Waals surface area contributed by atoms with Crippen molar-refractivity contribution in [3.05, 3.63) is 84.7 Å². The zero-order chi connectivity index (χ0) is 17.2. The number of pyridine rings is 2. The number of carbonyl (C=O) groups excluding carboxylic acids is 1. The zero-order valence-electron chi connectivity index (χ0n) is 13.1. The molecule has 6 heteroatoms. The highest BCUT2D eigenvalue weighted by Crippen LogP contribution is 2.18. The van der Waals surface area contributed by atoms with Crippen molar-refractivity contribution < 1.29 is 9.18 Å². The summed E-state index contributed by atoms with van der Waals surface area (Å²) in [6, 6.07) is 15.4. The Kier molecular flexibility index (Phi) is 3.70. The minimum atomic E-state index is -0.489. The topological polar surface area (TPSA) is 59.3 Å². The average molecular weight is 332 g/mol. The van der Waals surface area contributed by atoms with Gasteiger partial charge in [-0.3, -0.25) is 9.78 Å². The first-order valence-electron chi connectivity index (χ1n) is 7.67. The molecule has 0 saturated heterocycles. The van der Waals surface area contributed by atoms with E-state index in [0.717, 1.165) is 11.3 Å². The van der Waals surface area contributed by atoms with Crippen LogP contribution in [0.15, 0.2) is 73.2 Å². The summed E-state index contributed by atoms with van der Waals surface area (Å²) in [5.41, 5.74) is 2.69. The molecule has 0 saturated carbocycles. The van der Waals surface area contributed by atoms with Crippen molar-refractivity contribution in [2.24, 2.45) is 0 Å². The van der Waals surface area contributed by atoms with Gasteiger partial charge in [-0.25, -0.2) is 9.37 Å². The minimum Gasteiger partial charge on any atom is -0.318 e. The van der Waals surface area contributed by atoms with Gasteiger partial charge < -0.3 is 9.72 Å². The quantitative estimate of drug-likeness (QED) is 0.621. The van der Waals surface area contributed by atoms with E-state index >= 15 is 0 Å². The number of fused-ring (bicyclic) bond motifs is 1. The van der Waals surface area contributed by atoms with Crippen LogP contribution in [0, 0.1) is 5.82 Å². The van der Waals surface area contributed by atoms with Gasteiger partial charge in [-0.15, -0.1) is 0 Å². The second kappa shape index (κ2) is 6.16. The molecule has 5 nitrogen and oxygen atoms in total. The summed E-state index contributed by atoms with van der Waals surface area (Å²) in [5, 5.41) is 2.53. The molecule has 1 aromatic carbocycles. The second-order valence-corrected chi connectivity index (χ2v) is 5.46. The molecule has 0 spiro atoms. The molecule has 0 unspecified atom stereocenters. The third kappa shape index (κ3) is 2.97. The number of carbonyl (C=O) groups is 1. The maximum Gasteiger partial charge on any atom is 0.275 e. The second-order valence-electron chi connectivity index (χ2n) is 5.46. The van der Waals surface area contributed by atoms with E-state index in [-0.39, 0.29) is 11.4 Å². The van der Waals surface area contributed by atoms with Gasteiger partial charge in [-0.2, -0.15) is 0 Å². The first kappa shape index (κ1) is 15.0. The van der Waals surface area contributed by atoms with Gasteiger partial charge in [0.2, 0.25) is 0 Å². The molecule has 1 N–H and O–H groups in total. The predicted molar refractivity (Wildman–Crippen MR) is 92.8 cm³/mol. The highest BCUT2D eigenvalue weighted by Gasteiger charge is 2.13. The fourth-order valence-corrected chi connectivity index (χ4v) is 2.54. The number of halogens is 1. The first-order chi connectivity index (χ1) is 12.2. The fourth-order valence-electron chi connectivity index (χ4n) is 2.54. The van der Waals surface area contributed by atoms with Crippen molar-refractivity contribution >= 4 is 17.2 Å². The molecular weight excluding hydrogens is 319 g/mol. The number of anilines is 1. The molecule has 0 radical (unpaired) electrons. The van der Waals surface area contributed by atoms with E-state index in [1.807, 2.05) is 36.5 Å². The van der Waals surface area contributed by atoms with Crippen LogP contribution in [0.4, 0.5) is 10.1 Å². The Labute approximate surface area is 142 Å². The maximum atomic E-state index is 13.7. The highest BCUT2D eigenvalue weighted by atomic mass is 19.1. The molecule has 0 bridgehead atoms. The van der Waals surface area contributed by atoms with E-state index in [0.29, 0.717) is 5.65 Å². The van der Waals surface area contributed by atoms with Crippen LogP contribution in [-0.4, -0.2) is 20.3 Å². The maximum absolute atomic E-state index is 13.7. The lowest BCUT2D eigenvalue weighted by Crippen LogP contribution is -2.13. The van der Waals surface area contributed by atoms with Crippen molar-refractivity contribution in [3.8, 4) is 11.3 Å². The Hall–Kier alpha value is -3.54. The minimum absolute atomic E-state index is 0.124. The van der Waals surface area contributed by atoms with Gasteiger partial charge >= 0.3 is 0 Å². The predicted octanol–water partition coefficient (Wildman–Crippen LogP) is 3.79. The lowest BCUT2D eigenvalue weighted by Gasteiger charge is -2.03. The van der Waals surface area contributed by atoms with Gasteiger partial charge in [-0.1, -0.05) is 18.2 Å². The first-order valence-corrected chi connectivity index (χ1v) is 7.67. The van der Waals surface area contributed by atoms with E-state index in [2.05, 4.69) is 15.3 Å². The number of rotatable bonds is 3. The van der Waals surface area contributed by atoms with Crippen molar-refractivity contribution in [1.82, 2.24) is 14.4 Å². The number of hydrogen-bond acceptors (Lipinski definition) is 3. The normalized spacial score (nSPS) is 10.8. The fraction of sp³-hybridized carbons (Fsp3) is 0. The molecule has 3 heterocycles. The zero-order valence-corrected chi connectivity index (χ0v) is 13.1. The van der Waals surface area contributed by atoms with Crippen LogP contribution in [0.2, 0.25) is 0 Å². The Morgan fingerprint density at radius 2 is 1.84 bits per heavy atom. The SMILES string of the molecule is O=C(Nc1ccccc1F)c1cn2cc(-c3ccccn3)ccc2n1.